The van der Waals surface area contributed by atoms with Gasteiger partial charge in [0.05, 0.1) is 5.69 Å². The van der Waals surface area contributed by atoms with Crippen molar-refractivity contribution in [2.24, 2.45) is 0 Å². The summed E-state index contributed by atoms with van der Waals surface area (Å²) in [5, 5.41) is 8.50. The van der Waals surface area contributed by atoms with E-state index in [1.165, 1.54) is 11.5 Å². The molecule has 0 radical (unpaired) electrons. The lowest BCUT2D eigenvalue weighted by atomic mass is 10.3. The summed E-state index contributed by atoms with van der Waals surface area (Å²) in [6.07, 6.45) is 1.82. The summed E-state index contributed by atoms with van der Waals surface area (Å²) < 4.78 is 3.99. The summed E-state index contributed by atoms with van der Waals surface area (Å²) in [4.78, 5) is 6.50. The van der Waals surface area contributed by atoms with Gasteiger partial charge in [-0.15, -0.1) is 5.10 Å². The second kappa shape index (κ2) is 6.42. The SMILES string of the molecule is CCNc1snnc1CN(C)Cc1ccccn1. The first-order valence-electron chi connectivity index (χ1n) is 5.93. The van der Waals surface area contributed by atoms with Crippen LogP contribution >= 0.6 is 11.5 Å². The Balaban J connectivity index is 1.94. The van der Waals surface area contributed by atoms with Crippen LogP contribution in [0.25, 0.3) is 0 Å². The van der Waals surface area contributed by atoms with Gasteiger partial charge in [-0.2, -0.15) is 0 Å². The molecule has 0 spiro atoms. The molecule has 2 heterocycles. The second-order valence-electron chi connectivity index (χ2n) is 4.07. The molecule has 0 atom stereocenters. The fourth-order valence-electron chi connectivity index (χ4n) is 1.69. The highest BCUT2D eigenvalue weighted by Gasteiger charge is 2.10. The zero-order chi connectivity index (χ0) is 12.8. The summed E-state index contributed by atoms with van der Waals surface area (Å²) >= 11 is 1.41. The summed E-state index contributed by atoms with van der Waals surface area (Å²) in [6, 6.07) is 5.96. The lowest BCUT2D eigenvalue weighted by molar-refractivity contribution is 0.311. The molecule has 0 aliphatic heterocycles. The van der Waals surface area contributed by atoms with Crippen LogP contribution in [0.3, 0.4) is 0 Å². The fraction of sp³-hybridized carbons (Fsp3) is 0.417. The van der Waals surface area contributed by atoms with Crippen LogP contribution in [-0.4, -0.2) is 33.1 Å². The molecule has 2 rings (SSSR count). The second-order valence-corrected chi connectivity index (χ2v) is 4.83. The van der Waals surface area contributed by atoms with Crippen molar-refractivity contribution in [3.63, 3.8) is 0 Å². The third kappa shape index (κ3) is 3.48. The molecule has 0 amide bonds. The van der Waals surface area contributed by atoms with Crippen molar-refractivity contribution in [3.05, 3.63) is 35.8 Å². The largest absolute Gasteiger partial charge is 0.374 e. The lowest BCUT2D eigenvalue weighted by Crippen LogP contribution is -2.19. The zero-order valence-corrected chi connectivity index (χ0v) is 11.4. The smallest absolute Gasteiger partial charge is 0.134 e. The third-order valence-corrected chi connectivity index (χ3v) is 3.20. The molecule has 2 aromatic heterocycles. The summed E-state index contributed by atoms with van der Waals surface area (Å²) in [6.45, 7) is 4.54. The highest BCUT2D eigenvalue weighted by Crippen LogP contribution is 2.19. The van der Waals surface area contributed by atoms with E-state index < -0.39 is 0 Å². The van der Waals surface area contributed by atoms with E-state index in [9.17, 15) is 0 Å². The first-order valence-corrected chi connectivity index (χ1v) is 6.70. The third-order valence-electron chi connectivity index (χ3n) is 2.47. The van der Waals surface area contributed by atoms with E-state index >= 15 is 0 Å². The minimum atomic E-state index is 0.773. The van der Waals surface area contributed by atoms with Gasteiger partial charge in [0.25, 0.3) is 0 Å². The van der Waals surface area contributed by atoms with Crippen LogP contribution in [0.5, 0.6) is 0 Å². The monoisotopic (exact) mass is 263 g/mol. The molecule has 0 fully saturated rings. The Labute approximate surface area is 111 Å². The lowest BCUT2D eigenvalue weighted by Gasteiger charge is -2.15. The summed E-state index contributed by atoms with van der Waals surface area (Å²) in [5.74, 6) is 0. The van der Waals surface area contributed by atoms with Crippen LogP contribution in [0.15, 0.2) is 24.4 Å². The molecule has 5 nitrogen and oxygen atoms in total. The van der Waals surface area contributed by atoms with Gasteiger partial charge in [0, 0.05) is 37.4 Å². The topological polar surface area (TPSA) is 53.9 Å². The molecule has 2 aromatic rings. The van der Waals surface area contributed by atoms with Crippen molar-refractivity contribution < 1.29 is 0 Å². The highest BCUT2D eigenvalue weighted by atomic mass is 32.1. The number of aromatic nitrogens is 3. The van der Waals surface area contributed by atoms with Crippen LogP contribution < -0.4 is 5.32 Å². The number of rotatable bonds is 6. The van der Waals surface area contributed by atoms with E-state index in [-0.39, 0.29) is 0 Å². The van der Waals surface area contributed by atoms with Gasteiger partial charge < -0.3 is 5.32 Å². The Morgan fingerprint density at radius 1 is 1.33 bits per heavy atom. The van der Waals surface area contributed by atoms with E-state index in [0.717, 1.165) is 36.0 Å². The molecule has 6 heteroatoms. The zero-order valence-electron chi connectivity index (χ0n) is 10.6. The van der Waals surface area contributed by atoms with Crippen LogP contribution in [0.1, 0.15) is 18.3 Å². The molecule has 0 aliphatic rings. The number of nitrogens with zero attached hydrogens (tertiary/aromatic N) is 4. The highest BCUT2D eigenvalue weighted by molar-refractivity contribution is 7.10. The van der Waals surface area contributed by atoms with Crippen molar-refractivity contribution in [2.45, 2.75) is 20.0 Å². The van der Waals surface area contributed by atoms with Crippen LogP contribution in [0.4, 0.5) is 5.00 Å². The van der Waals surface area contributed by atoms with Crippen molar-refractivity contribution in [1.29, 1.82) is 0 Å². The maximum absolute atomic E-state index is 4.32. The van der Waals surface area contributed by atoms with E-state index in [4.69, 9.17) is 0 Å². The van der Waals surface area contributed by atoms with Gasteiger partial charge in [-0.3, -0.25) is 9.88 Å². The van der Waals surface area contributed by atoms with Crippen molar-refractivity contribution >= 4 is 16.5 Å². The fourth-order valence-corrected chi connectivity index (χ4v) is 2.33. The predicted octanol–water partition coefficient (Wildman–Crippen LogP) is 2.00. The molecule has 96 valence electrons. The molecule has 18 heavy (non-hydrogen) atoms. The maximum Gasteiger partial charge on any atom is 0.134 e. The molecule has 0 unspecified atom stereocenters. The number of nitrogens with one attached hydrogen (secondary N) is 1. The first kappa shape index (κ1) is 12.9. The Morgan fingerprint density at radius 3 is 2.94 bits per heavy atom. The van der Waals surface area contributed by atoms with Gasteiger partial charge >= 0.3 is 0 Å². The average molecular weight is 263 g/mol. The van der Waals surface area contributed by atoms with E-state index in [2.05, 4.69) is 38.8 Å². The van der Waals surface area contributed by atoms with Crippen molar-refractivity contribution in [2.75, 3.05) is 18.9 Å². The Hall–Kier alpha value is -1.53. The van der Waals surface area contributed by atoms with Crippen molar-refractivity contribution in [1.82, 2.24) is 19.5 Å². The molecule has 0 bridgehead atoms. The maximum atomic E-state index is 4.32. The van der Waals surface area contributed by atoms with Crippen LogP contribution in [0.2, 0.25) is 0 Å². The Kier molecular flexibility index (Phi) is 4.60. The summed E-state index contributed by atoms with van der Waals surface area (Å²) in [5.41, 5.74) is 2.06. The number of hydrogen-bond acceptors (Lipinski definition) is 6. The van der Waals surface area contributed by atoms with E-state index in [1.807, 2.05) is 24.4 Å². The standard InChI is InChI=1S/C12H17N5S/c1-3-13-12-11(15-16-18-12)9-17(2)8-10-6-4-5-7-14-10/h4-7,13H,3,8-9H2,1-2H3. The van der Waals surface area contributed by atoms with Crippen LogP contribution in [-0.2, 0) is 13.1 Å². The molecule has 0 aliphatic carbocycles. The van der Waals surface area contributed by atoms with Crippen LogP contribution in [0, 0.1) is 0 Å². The molecular weight excluding hydrogens is 246 g/mol. The first-order chi connectivity index (χ1) is 8.79. The predicted molar refractivity (Wildman–Crippen MR) is 73.5 cm³/mol. The molecule has 0 aromatic carbocycles. The van der Waals surface area contributed by atoms with Gasteiger partial charge in [0.15, 0.2) is 0 Å². The molecular formula is C12H17N5S. The van der Waals surface area contributed by atoms with Gasteiger partial charge in [-0.25, -0.2) is 0 Å². The minimum Gasteiger partial charge on any atom is -0.374 e. The van der Waals surface area contributed by atoms with Gasteiger partial charge in [-0.05, 0) is 26.1 Å². The van der Waals surface area contributed by atoms with Crippen molar-refractivity contribution in [3.8, 4) is 0 Å². The quantitative estimate of drug-likeness (QED) is 0.864. The Bertz CT molecular complexity index is 470. The van der Waals surface area contributed by atoms with Gasteiger partial charge in [0.1, 0.15) is 10.7 Å². The molecule has 0 saturated carbocycles. The Morgan fingerprint density at radius 2 is 2.22 bits per heavy atom. The van der Waals surface area contributed by atoms with Gasteiger partial charge in [0.2, 0.25) is 0 Å². The minimum absolute atomic E-state index is 0.773. The summed E-state index contributed by atoms with van der Waals surface area (Å²) in [7, 11) is 2.06. The normalized spacial score (nSPS) is 10.8. The van der Waals surface area contributed by atoms with E-state index in [1.54, 1.807) is 0 Å². The molecule has 1 N–H and O–H groups in total. The number of anilines is 1. The number of hydrogen-bond donors (Lipinski definition) is 1. The average Bonchev–Trinajstić information content (AvgIpc) is 2.78. The van der Waals surface area contributed by atoms with Gasteiger partial charge in [-0.1, -0.05) is 10.6 Å². The number of pyridine rings is 1. The molecule has 0 saturated heterocycles. The van der Waals surface area contributed by atoms with E-state index in [0.29, 0.717) is 0 Å².